The molecule has 0 aromatic heterocycles. The largest absolute Gasteiger partial charge is 0.370 e. The van der Waals surface area contributed by atoms with Gasteiger partial charge >= 0.3 is 0 Å². The Morgan fingerprint density at radius 1 is 0.821 bits per heavy atom. The van der Waals surface area contributed by atoms with Gasteiger partial charge in [-0.1, -0.05) is 54.1 Å². The van der Waals surface area contributed by atoms with E-state index in [0.717, 1.165) is 16.8 Å². The Bertz CT molecular complexity index is 953. The van der Waals surface area contributed by atoms with E-state index in [1.165, 1.54) is 0 Å². The molecule has 0 aliphatic heterocycles. The molecule has 0 aliphatic rings. The summed E-state index contributed by atoms with van der Waals surface area (Å²) in [6.07, 6.45) is 0. The number of carbonyl (C=O) groups is 2. The van der Waals surface area contributed by atoms with E-state index >= 15 is 0 Å². The Kier molecular flexibility index (Phi) is 6.07. The molecule has 0 unspecified atom stereocenters. The Morgan fingerprint density at radius 2 is 1.54 bits per heavy atom. The van der Waals surface area contributed by atoms with Crippen LogP contribution in [0, 0.1) is 6.92 Å². The van der Waals surface area contributed by atoms with Crippen molar-refractivity contribution in [3.05, 3.63) is 95.6 Å². The molecule has 3 N–H and O–H groups in total. The van der Waals surface area contributed by atoms with Crippen LogP contribution in [0.25, 0.3) is 0 Å². The molecule has 3 rings (SSSR count). The van der Waals surface area contributed by atoms with Crippen LogP contribution in [0.2, 0.25) is 0 Å². The molecule has 142 valence electrons. The Morgan fingerprint density at radius 3 is 2.21 bits per heavy atom. The van der Waals surface area contributed by atoms with Gasteiger partial charge < -0.3 is 16.0 Å². The van der Waals surface area contributed by atoms with Crippen LogP contribution in [-0.2, 0) is 4.79 Å². The van der Waals surface area contributed by atoms with E-state index in [1.807, 2.05) is 67.6 Å². The molecule has 3 aromatic rings. The maximum atomic E-state index is 13.0. The normalized spacial score (nSPS) is 11.4. The first kappa shape index (κ1) is 19.2. The minimum Gasteiger partial charge on any atom is -0.370 e. The zero-order chi connectivity index (χ0) is 19.9. The van der Waals surface area contributed by atoms with Gasteiger partial charge in [-0.25, -0.2) is 0 Å². The van der Waals surface area contributed by atoms with Gasteiger partial charge in [0.05, 0.1) is 0 Å². The fourth-order valence-electron chi connectivity index (χ4n) is 2.86. The number of benzene rings is 3. The molecule has 0 bridgehead atoms. The molecule has 0 heterocycles. The maximum Gasteiger partial charge on any atom is 0.251 e. The summed E-state index contributed by atoms with van der Waals surface area (Å²) in [7, 11) is 1.59. The van der Waals surface area contributed by atoms with Crippen molar-refractivity contribution in [3.63, 3.8) is 0 Å². The van der Waals surface area contributed by atoms with Gasteiger partial charge in [0.2, 0.25) is 0 Å². The van der Waals surface area contributed by atoms with E-state index in [2.05, 4.69) is 16.0 Å². The monoisotopic (exact) mass is 373 g/mol. The SMILES string of the molecule is CNC(=O)c1cccc(N[C@H](C(=O)Nc2ccc(C)cc2)c2ccccc2)c1. The molecule has 0 aliphatic carbocycles. The summed E-state index contributed by atoms with van der Waals surface area (Å²) in [5, 5.41) is 8.82. The van der Waals surface area contributed by atoms with E-state index in [-0.39, 0.29) is 11.8 Å². The van der Waals surface area contributed by atoms with Gasteiger partial charge in [0.1, 0.15) is 6.04 Å². The van der Waals surface area contributed by atoms with E-state index in [0.29, 0.717) is 11.3 Å². The number of hydrogen-bond acceptors (Lipinski definition) is 3. The summed E-state index contributed by atoms with van der Waals surface area (Å²) in [6.45, 7) is 2.00. The first-order chi connectivity index (χ1) is 13.6. The van der Waals surface area contributed by atoms with Crippen molar-refractivity contribution in [2.24, 2.45) is 0 Å². The average Bonchev–Trinajstić information content (AvgIpc) is 2.74. The second kappa shape index (κ2) is 8.86. The Hall–Kier alpha value is -3.60. The van der Waals surface area contributed by atoms with Crippen molar-refractivity contribution >= 4 is 23.2 Å². The van der Waals surface area contributed by atoms with Crippen molar-refractivity contribution < 1.29 is 9.59 Å². The Labute approximate surface area is 164 Å². The van der Waals surface area contributed by atoms with Crippen LogP contribution in [0.1, 0.15) is 27.5 Å². The van der Waals surface area contributed by atoms with Crippen LogP contribution in [0.15, 0.2) is 78.9 Å². The highest BCUT2D eigenvalue weighted by Crippen LogP contribution is 2.22. The predicted molar refractivity (Wildman–Crippen MR) is 112 cm³/mol. The highest BCUT2D eigenvalue weighted by molar-refractivity contribution is 5.98. The number of nitrogens with one attached hydrogen (secondary N) is 3. The summed E-state index contributed by atoms with van der Waals surface area (Å²) in [5.41, 5.74) is 3.91. The van der Waals surface area contributed by atoms with Gasteiger partial charge in [0.25, 0.3) is 11.8 Å². The van der Waals surface area contributed by atoms with Gasteiger partial charge in [-0.2, -0.15) is 0 Å². The van der Waals surface area contributed by atoms with E-state index in [9.17, 15) is 9.59 Å². The summed E-state index contributed by atoms with van der Waals surface area (Å²) in [4.78, 5) is 24.9. The minimum absolute atomic E-state index is 0.177. The fraction of sp³-hybridized carbons (Fsp3) is 0.130. The molecule has 0 saturated heterocycles. The molecule has 3 aromatic carbocycles. The lowest BCUT2D eigenvalue weighted by Crippen LogP contribution is -2.27. The molecule has 5 heteroatoms. The maximum absolute atomic E-state index is 13.0. The van der Waals surface area contributed by atoms with Crippen LogP contribution in [0.4, 0.5) is 11.4 Å². The van der Waals surface area contributed by atoms with E-state index in [4.69, 9.17) is 0 Å². The summed E-state index contributed by atoms with van der Waals surface area (Å²) >= 11 is 0. The topological polar surface area (TPSA) is 70.2 Å². The van der Waals surface area contributed by atoms with Crippen molar-refractivity contribution in [2.45, 2.75) is 13.0 Å². The van der Waals surface area contributed by atoms with Gasteiger partial charge in [-0.15, -0.1) is 0 Å². The van der Waals surface area contributed by atoms with Crippen LogP contribution < -0.4 is 16.0 Å². The molecule has 28 heavy (non-hydrogen) atoms. The smallest absolute Gasteiger partial charge is 0.251 e. The number of aryl methyl sites for hydroxylation is 1. The lowest BCUT2D eigenvalue weighted by atomic mass is 10.0. The molecule has 2 amide bonds. The third-order valence-electron chi connectivity index (χ3n) is 4.38. The third-order valence-corrected chi connectivity index (χ3v) is 4.38. The second-order valence-electron chi connectivity index (χ2n) is 6.50. The summed E-state index contributed by atoms with van der Waals surface area (Å²) in [5.74, 6) is -0.357. The van der Waals surface area contributed by atoms with E-state index in [1.54, 1.807) is 25.2 Å². The van der Waals surface area contributed by atoms with Crippen molar-refractivity contribution in [3.8, 4) is 0 Å². The predicted octanol–water partition coefficient (Wildman–Crippen LogP) is 4.15. The van der Waals surface area contributed by atoms with Crippen molar-refractivity contribution in [1.29, 1.82) is 0 Å². The number of anilines is 2. The molecule has 0 saturated carbocycles. The van der Waals surface area contributed by atoms with Crippen molar-refractivity contribution in [2.75, 3.05) is 17.7 Å². The highest BCUT2D eigenvalue weighted by atomic mass is 16.2. The number of amides is 2. The quantitative estimate of drug-likeness (QED) is 0.608. The Balaban J connectivity index is 1.86. The van der Waals surface area contributed by atoms with Crippen LogP contribution >= 0.6 is 0 Å². The minimum atomic E-state index is -0.609. The van der Waals surface area contributed by atoms with Gasteiger partial charge in [-0.3, -0.25) is 9.59 Å². The molecule has 0 fully saturated rings. The zero-order valence-corrected chi connectivity index (χ0v) is 15.9. The standard InChI is InChI=1S/C23H23N3O2/c1-16-11-13-19(14-12-16)26-23(28)21(17-7-4-3-5-8-17)25-20-10-6-9-18(15-20)22(27)24-2/h3-15,21,25H,1-2H3,(H,24,27)(H,26,28)/t21-/m0/s1. The number of rotatable bonds is 6. The molecular formula is C23H23N3O2. The number of carbonyl (C=O) groups excluding carboxylic acids is 2. The lowest BCUT2D eigenvalue weighted by molar-refractivity contribution is -0.117. The summed E-state index contributed by atoms with van der Waals surface area (Å²) in [6, 6.07) is 23.6. The van der Waals surface area contributed by atoms with Crippen molar-refractivity contribution in [1.82, 2.24) is 5.32 Å². The first-order valence-corrected chi connectivity index (χ1v) is 9.08. The molecule has 0 radical (unpaired) electrons. The van der Waals surface area contributed by atoms with Crippen LogP contribution in [-0.4, -0.2) is 18.9 Å². The molecular weight excluding hydrogens is 350 g/mol. The number of hydrogen-bond donors (Lipinski definition) is 3. The zero-order valence-electron chi connectivity index (χ0n) is 15.9. The van der Waals surface area contributed by atoms with E-state index < -0.39 is 6.04 Å². The third kappa shape index (κ3) is 4.76. The fourth-order valence-corrected chi connectivity index (χ4v) is 2.86. The first-order valence-electron chi connectivity index (χ1n) is 9.08. The lowest BCUT2D eigenvalue weighted by Gasteiger charge is -2.20. The van der Waals surface area contributed by atoms with Crippen LogP contribution in [0.5, 0.6) is 0 Å². The average molecular weight is 373 g/mol. The van der Waals surface area contributed by atoms with Gasteiger partial charge in [0, 0.05) is 24.0 Å². The second-order valence-corrected chi connectivity index (χ2v) is 6.50. The van der Waals surface area contributed by atoms with Gasteiger partial charge in [0.15, 0.2) is 0 Å². The van der Waals surface area contributed by atoms with Crippen LogP contribution in [0.3, 0.4) is 0 Å². The highest BCUT2D eigenvalue weighted by Gasteiger charge is 2.21. The molecule has 1 atom stereocenters. The molecule has 5 nitrogen and oxygen atoms in total. The summed E-state index contributed by atoms with van der Waals surface area (Å²) < 4.78 is 0. The molecule has 0 spiro atoms. The van der Waals surface area contributed by atoms with Gasteiger partial charge in [-0.05, 0) is 42.8 Å².